The predicted octanol–water partition coefficient (Wildman–Crippen LogP) is 2.47. The van der Waals surface area contributed by atoms with E-state index in [1.807, 2.05) is 24.1 Å². The minimum absolute atomic E-state index is 0.0872. The molecule has 112 valence electrons. The fraction of sp³-hybridized carbons (Fsp3) is 0.176. The van der Waals surface area contributed by atoms with E-state index in [0.717, 1.165) is 11.3 Å². The van der Waals surface area contributed by atoms with Crippen LogP contribution in [0, 0.1) is 5.82 Å². The van der Waals surface area contributed by atoms with Crippen molar-refractivity contribution in [2.24, 2.45) is 0 Å². The molecule has 4 nitrogen and oxygen atoms in total. The monoisotopic (exact) mass is 297 g/mol. The molecule has 0 N–H and O–H groups in total. The van der Waals surface area contributed by atoms with Gasteiger partial charge < -0.3 is 0 Å². The molecule has 0 aliphatic carbocycles. The molecule has 0 spiro atoms. The van der Waals surface area contributed by atoms with Crippen LogP contribution in [-0.2, 0) is 13.1 Å². The fourth-order valence-electron chi connectivity index (χ4n) is 2.42. The van der Waals surface area contributed by atoms with Crippen molar-refractivity contribution >= 4 is 5.65 Å². The van der Waals surface area contributed by atoms with E-state index < -0.39 is 0 Å². The summed E-state index contributed by atoms with van der Waals surface area (Å²) in [4.78, 5) is 18.6. The molecule has 0 atom stereocenters. The largest absolute Gasteiger partial charge is 0.296 e. The Balaban J connectivity index is 1.77. The molecule has 22 heavy (non-hydrogen) atoms. The van der Waals surface area contributed by atoms with E-state index in [2.05, 4.69) is 4.98 Å². The molecule has 2 heterocycles. The van der Waals surface area contributed by atoms with Crippen LogP contribution in [0.2, 0.25) is 0 Å². The minimum atomic E-state index is -0.240. The molecule has 2 aromatic heterocycles. The van der Waals surface area contributed by atoms with Crippen LogP contribution in [-0.4, -0.2) is 21.3 Å². The Labute approximate surface area is 127 Å². The predicted molar refractivity (Wildman–Crippen MR) is 83.0 cm³/mol. The number of benzene rings is 1. The highest BCUT2D eigenvalue weighted by Crippen LogP contribution is 2.08. The molecular weight excluding hydrogens is 281 g/mol. The summed E-state index contributed by atoms with van der Waals surface area (Å²) in [6, 6.07) is 13.4. The molecule has 0 aliphatic rings. The van der Waals surface area contributed by atoms with Crippen molar-refractivity contribution in [1.29, 1.82) is 0 Å². The molecule has 3 aromatic rings. The van der Waals surface area contributed by atoms with Crippen LogP contribution in [0.4, 0.5) is 4.39 Å². The van der Waals surface area contributed by atoms with Gasteiger partial charge in [0, 0.05) is 25.4 Å². The first-order chi connectivity index (χ1) is 10.6. The average Bonchev–Trinajstić information content (AvgIpc) is 2.49. The van der Waals surface area contributed by atoms with Crippen LogP contribution in [0.15, 0.2) is 59.5 Å². The number of fused-ring (bicyclic) bond motifs is 1. The summed E-state index contributed by atoms with van der Waals surface area (Å²) in [5.74, 6) is -0.240. The molecular formula is C17H16FN3O. The van der Waals surface area contributed by atoms with Crippen LogP contribution < -0.4 is 5.56 Å². The second-order valence-corrected chi connectivity index (χ2v) is 5.31. The molecule has 0 aliphatic heterocycles. The normalized spacial score (nSPS) is 11.2. The van der Waals surface area contributed by atoms with Crippen LogP contribution in [0.25, 0.3) is 5.65 Å². The molecule has 3 rings (SSSR count). The zero-order chi connectivity index (χ0) is 15.5. The van der Waals surface area contributed by atoms with Crippen molar-refractivity contribution in [3.63, 3.8) is 0 Å². The lowest BCUT2D eigenvalue weighted by Gasteiger charge is -2.16. The highest BCUT2D eigenvalue weighted by atomic mass is 19.1. The molecule has 5 heteroatoms. The zero-order valence-corrected chi connectivity index (χ0v) is 12.2. The van der Waals surface area contributed by atoms with Gasteiger partial charge in [0.1, 0.15) is 11.5 Å². The Hall–Kier alpha value is -2.53. The lowest BCUT2D eigenvalue weighted by Crippen LogP contribution is -2.21. The third-order valence-electron chi connectivity index (χ3n) is 3.42. The summed E-state index contributed by atoms with van der Waals surface area (Å²) in [6.07, 6.45) is 1.71. The van der Waals surface area contributed by atoms with Gasteiger partial charge in [0.15, 0.2) is 0 Å². The van der Waals surface area contributed by atoms with Gasteiger partial charge in [0.05, 0.1) is 5.69 Å². The van der Waals surface area contributed by atoms with E-state index in [-0.39, 0.29) is 11.4 Å². The number of aromatic nitrogens is 2. The number of pyridine rings is 1. The molecule has 0 fully saturated rings. The smallest absolute Gasteiger partial charge is 0.258 e. The topological polar surface area (TPSA) is 37.6 Å². The standard InChI is InChI=1S/C17H16FN3O/c1-20(11-13-5-7-14(18)8-6-13)12-15-10-17(22)21-9-3-2-4-16(21)19-15/h2-10H,11-12H2,1H3. The zero-order valence-electron chi connectivity index (χ0n) is 12.2. The van der Waals surface area contributed by atoms with Gasteiger partial charge in [-0.2, -0.15) is 0 Å². The quantitative estimate of drug-likeness (QED) is 0.742. The SMILES string of the molecule is CN(Cc1ccc(F)cc1)Cc1cc(=O)n2ccccc2n1. The van der Waals surface area contributed by atoms with Gasteiger partial charge in [-0.15, -0.1) is 0 Å². The lowest BCUT2D eigenvalue weighted by atomic mass is 10.2. The molecule has 0 radical (unpaired) electrons. The Bertz CT molecular complexity index is 842. The maximum absolute atomic E-state index is 12.9. The first-order valence-electron chi connectivity index (χ1n) is 7.02. The Morgan fingerprint density at radius 2 is 1.91 bits per heavy atom. The van der Waals surface area contributed by atoms with Gasteiger partial charge in [-0.25, -0.2) is 9.37 Å². The fourth-order valence-corrected chi connectivity index (χ4v) is 2.42. The summed E-state index contributed by atoms with van der Waals surface area (Å²) >= 11 is 0. The van der Waals surface area contributed by atoms with Crippen molar-refractivity contribution in [3.05, 3.63) is 82.2 Å². The van der Waals surface area contributed by atoms with Gasteiger partial charge in [0.2, 0.25) is 0 Å². The van der Waals surface area contributed by atoms with E-state index >= 15 is 0 Å². The first-order valence-corrected chi connectivity index (χ1v) is 7.02. The Morgan fingerprint density at radius 3 is 2.68 bits per heavy atom. The van der Waals surface area contributed by atoms with Gasteiger partial charge in [-0.1, -0.05) is 18.2 Å². The van der Waals surface area contributed by atoms with Gasteiger partial charge in [0.25, 0.3) is 5.56 Å². The van der Waals surface area contributed by atoms with E-state index in [4.69, 9.17) is 0 Å². The number of rotatable bonds is 4. The van der Waals surface area contributed by atoms with Crippen molar-refractivity contribution < 1.29 is 4.39 Å². The van der Waals surface area contributed by atoms with Gasteiger partial charge >= 0.3 is 0 Å². The Kier molecular flexibility index (Phi) is 3.98. The molecule has 1 aromatic carbocycles. The first kappa shape index (κ1) is 14.4. The van der Waals surface area contributed by atoms with Crippen LogP contribution in [0.1, 0.15) is 11.3 Å². The minimum Gasteiger partial charge on any atom is -0.296 e. The summed E-state index contributed by atoms with van der Waals surface area (Å²) in [5.41, 5.74) is 2.29. The number of nitrogens with zero attached hydrogens (tertiary/aromatic N) is 3. The highest BCUT2D eigenvalue weighted by Gasteiger charge is 2.06. The van der Waals surface area contributed by atoms with Gasteiger partial charge in [-0.05, 0) is 36.9 Å². The van der Waals surface area contributed by atoms with Crippen molar-refractivity contribution in [2.45, 2.75) is 13.1 Å². The van der Waals surface area contributed by atoms with E-state index in [1.54, 1.807) is 30.5 Å². The lowest BCUT2D eigenvalue weighted by molar-refractivity contribution is 0.315. The third kappa shape index (κ3) is 3.20. The summed E-state index contributed by atoms with van der Waals surface area (Å²) in [5, 5.41) is 0. The van der Waals surface area contributed by atoms with Crippen LogP contribution in [0.5, 0.6) is 0 Å². The van der Waals surface area contributed by atoms with Crippen molar-refractivity contribution in [3.8, 4) is 0 Å². The molecule has 0 bridgehead atoms. The summed E-state index contributed by atoms with van der Waals surface area (Å²) in [6.45, 7) is 1.22. The number of hydrogen-bond donors (Lipinski definition) is 0. The van der Waals surface area contributed by atoms with Crippen LogP contribution >= 0.6 is 0 Å². The van der Waals surface area contributed by atoms with Gasteiger partial charge in [-0.3, -0.25) is 14.1 Å². The maximum Gasteiger partial charge on any atom is 0.258 e. The average molecular weight is 297 g/mol. The van der Waals surface area contributed by atoms with Crippen molar-refractivity contribution in [1.82, 2.24) is 14.3 Å². The molecule has 0 saturated heterocycles. The van der Waals surface area contributed by atoms with E-state index in [1.165, 1.54) is 16.5 Å². The second kappa shape index (κ2) is 6.07. The second-order valence-electron chi connectivity index (χ2n) is 5.31. The Morgan fingerprint density at radius 1 is 1.14 bits per heavy atom. The molecule has 0 saturated carbocycles. The van der Waals surface area contributed by atoms with Crippen molar-refractivity contribution in [2.75, 3.05) is 7.05 Å². The number of halogens is 1. The third-order valence-corrected chi connectivity index (χ3v) is 3.42. The van der Waals surface area contributed by atoms with E-state index in [0.29, 0.717) is 18.7 Å². The maximum atomic E-state index is 12.9. The molecule has 0 amide bonds. The number of hydrogen-bond acceptors (Lipinski definition) is 3. The summed E-state index contributed by atoms with van der Waals surface area (Å²) < 4.78 is 14.4. The van der Waals surface area contributed by atoms with Crippen LogP contribution in [0.3, 0.4) is 0 Å². The summed E-state index contributed by atoms with van der Waals surface area (Å²) in [7, 11) is 1.94. The highest BCUT2D eigenvalue weighted by molar-refractivity contribution is 5.38. The van der Waals surface area contributed by atoms with E-state index in [9.17, 15) is 9.18 Å². The molecule has 0 unspecified atom stereocenters.